The van der Waals surface area contributed by atoms with E-state index in [1.807, 2.05) is 16.5 Å². The van der Waals surface area contributed by atoms with Crippen molar-refractivity contribution in [2.45, 2.75) is 33.7 Å². The van der Waals surface area contributed by atoms with Crippen molar-refractivity contribution >= 4 is 5.91 Å². The van der Waals surface area contributed by atoms with Crippen LogP contribution in [0.25, 0.3) is 0 Å². The SMILES string of the molecule is Cc1nn(CCC(=O)N2CCNCC2)c(C)c1C. The molecule has 0 unspecified atom stereocenters. The molecule has 1 saturated heterocycles. The minimum Gasteiger partial charge on any atom is -0.340 e. The lowest BCUT2D eigenvalue weighted by molar-refractivity contribution is -0.132. The number of carbonyl (C=O) groups excluding carboxylic acids is 1. The second-order valence-corrected chi connectivity index (χ2v) is 4.90. The standard InChI is InChI=1S/C13H22N4O/c1-10-11(2)15-17(12(10)3)7-4-13(18)16-8-5-14-6-9-16/h14H,4-9H2,1-3H3. The Balaban J connectivity index is 1.90. The van der Waals surface area contributed by atoms with E-state index in [1.54, 1.807) is 0 Å². The third-order valence-electron chi connectivity index (χ3n) is 3.75. The molecule has 0 bridgehead atoms. The maximum atomic E-state index is 12.0. The first-order valence-corrected chi connectivity index (χ1v) is 6.58. The first-order valence-electron chi connectivity index (χ1n) is 6.58. The minimum atomic E-state index is 0.238. The van der Waals surface area contributed by atoms with Crippen molar-refractivity contribution in [2.75, 3.05) is 26.2 Å². The fourth-order valence-corrected chi connectivity index (χ4v) is 2.28. The Labute approximate surface area is 108 Å². The number of aromatic nitrogens is 2. The zero-order valence-corrected chi connectivity index (χ0v) is 11.5. The summed E-state index contributed by atoms with van der Waals surface area (Å²) in [6.07, 6.45) is 0.543. The Morgan fingerprint density at radius 2 is 1.94 bits per heavy atom. The fourth-order valence-electron chi connectivity index (χ4n) is 2.28. The number of piperazine rings is 1. The highest BCUT2D eigenvalue weighted by Gasteiger charge is 2.16. The van der Waals surface area contributed by atoms with Crippen LogP contribution in [-0.2, 0) is 11.3 Å². The molecule has 100 valence electrons. The molecule has 5 heteroatoms. The highest BCUT2D eigenvalue weighted by molar-refractivity contribution is 5.76. The van der Waals surface area contributed by atoms with Crippen LogP contribution in [0.2, 0.25) is 0 Å². The quantitative estimate of drug-likeness (QED) is 0.856. The van der Waals surface area contributed by atoms with E-state index in [0.29, 0.717) is 13.0 Å². The molecule has 1 aliphatic rings. The molecule has 1 amide bonds. The molecule has 0 spiro atoms. The Hall–Kier alpha value is -1.36. The maximum Gasteiger partial charge on any atom is 0.224 e. The molecule has 2 rings (SSSR count). The van der Waals surface area contributed by atoms with Crippen LogP contribution >= 0.6 is 0 Å². The van der Waals surface area contributed by atoms with Gasteiger partial charge in [0.25, 0.3) is 0 Å². The molecule has 2 heterocycles. The van der Waals surface area contributed by atoms with Gasteiger partial charge in [-0.15, -0.1) is 0 Å². The van der Waals surface area contributed by atoms with Crippen molar-refractivity contribution in [1.29, 1.82) is 0 Å². The summed E-state index contributed by atoms with van der Waals surface area (Å²) in [5.74, 6) is 0.238. The van der Waals surface area contributed by atoms with Gasteiger partial charge >= 0.3 is 0 Å². The van der Waals surface area contributed by atoms with E-state index in [-0.39, 0.29) is 5.91 Å². The molecule has 0 aromatic carbocycles. The molecule has 1 fully saturated rings. The van der Waals surface area contributed by atoms with Crippen molar-refractivity contribution in [2.24, 2.45) is 0 Å². The van der Waals surface area contributed by atoms with Crippen molar-refractivity contribution in [1.82, 2.24) is 20.0 Å². The molecular formula is C13H22N4O. The van der Waals surface area contributed by atoms with Crippen LogP contribution in [0, 0.1) is 20.8 Å². The minimum absolute atomic E-state index is 0.238. The first-order chi connectivity index (χ1) is 8.59. The Morgan fingerprint density at radius 1 is 1.28 bits per heavy atom. The van der Waals surface area contributed by atoms with Gasteiger partial charge in [0.05, 0.1) is 5.69 Å². The van der Waals surface area contributed by atoms with Crippen molar-refractivity contribution in [3.05, 3.63) is 17.0 Å². The third-order valence-corrected chi connectivity index (χ3v) is 3.75. The van der Waals surface area contributed by atoms with E-state index in [1.165, 1.54) is 11.3 Å². The molecular weight excluding hydrogens is 228 g/mol. The summed E-state index contributed by atoms with van der Waals surface area (Å²) in [5.41, 5.74) is 3.45. The van der Waals surface area contributed by atoms with Gasteiger partial charge in [0.2, 0.25) is 5.91 Å². The molecule has 5 nitrogen and oxygen atoms in total. The molecule has 0 radical (unpaired) electrons. The number of hydrogen-bond donors (Lipinski definition) is 1. The average molecular weight is 250 g/mol. The summed E-state index contributed by atoms with van der Waals surface area (Å²) in [6, 6.07) is 0. The number of carbonyl (C=O) groups is 1. The van der Waals surface area contributed by atoms with Gasteiger partial charge < -0.3 is 10.2 Å². The summed E-state index contributed by atoms with van der Waals surface area (Å²) < 4.78 is 1.95. The number of amides is 1. The van der Waals surface area contributed by atoms with Crippen LogP contribution in [0.4, 0.5) is 0 Å². The van der Waals surface area contributed by atoms with Gasteiger partial charge in [-0.2, -0.15) is 5.10 Å². The van der Waals surface area contributed by atoms with Gasteiger partial charge in [0, 0.05) is 44.8 Å². The van der Waals surface area contributed by atoms with E-state index in [0.717, 1.165) is 31.9 Å². The number of aryl methyl sites for hydroxylation is 2. The summed E-state index contributed by atoms with van der Waals surface area (Å²) in [5, 5.41) is 7.71. The lowest BCUT2D eigenvalue weighted by Gasteiger charge is -2.27. The number of hydrogen-bond acceptors (Lipinski definition) is 3. The van der Waals surface area contributed by atoms with Crippen molar-refractivity contribution < 1.29 is 4.79 Å². The highest BCUT2D eigenvalue weighted by Crippen LogP contribution is 2.11. The highest BCUT2D eigenvalue weighted by atomic mass is 16.2. The van der Waals surface area contributed by atoms with Gasteiger partial charge in [0.15, 0.2) is 0 Å². The van der Waals surface area contributed by atoms with Crippen LogP contribution < -0.4 is 5.32 Å². The lowest BCUT2D eigenvalue weighted by atomic mass is 10.2. The summed E-state index contributed by atoms with van der Waals surface area (Å²) in [7, 11) is 0. The van der Waals surface area contributed by atoms with Gasteiger partial charge in [-0.3, -0.25) is 9.48 Å². The normalized spacial score (nSPS) is 16.1. The molecule has 0 saturated carbocycles. The summed E-state index contributed by atoms with van der Waals surface area (Å²) >= 11 is 0. The van der Waals surface area contributed by atoms with Gasteiger partial charge in [-0.25, -0.2) is 0 Å². The van der Waals surface area contributed by atoms with Crippen molar-refractivity contribution in [3.63, 3.8) is 0 Å². The zero-order valence-electron chi connectivity index (χ0n) is 11.5. The monoisotopic (exact) mass is 250 g/mol. The molecule has 1 aromatic rings. The predicted octanol–water partition coefficient (Wildman–Crippen LogP) is 0.630. The summed E-state index contributed by atoms with van der Waals surface area (Å²) in [4.78, 5) is 14.0. The van der Waals surface area contributed by atoms with Crippen LogP contribution in [-0.4, -0.2) is 46.8 Å². The Kier molecular flexibility index (Phi) is 4.01. The smallest absolute Gasteiger partial charge is 0.224 e. The average Bonchev–Trinajstić information content (AvgIpc) is 2.64. The maximum absolute atomic E-state index is 12.0. The molecule has 1 aliphatic heterocycles. The largest absolute Gasteiger partial charge is 0.340 e. The summed E-state index contributed by atoms with van der Waals surface area (Å²) in [6.45, 7) is 10.3. The van der Waals surface area contributed by atoms with Crippen molar-refractivity contribution in [3.8, 4) is 0 Å². The van der Waals surface area contributed by atoms with E-state index in [4.69, 9.17) is 0 Å². The fraction of sp³-hybridized carbons (Fsp3) is 0.692. The van der Waals surface area contributed by atoms with E-state index in [9.17, 15) is 4.79 Å². The van der Waals surface area contributed by atoms with Crippen LogP contribution in [0.1, 0.15) is 23.4 Å². The Morgan fingerprint density at radius 3 is 2.50 bits per heavy atom. The second kappa shape index (κ2) is 5.52. The second-order valence-electron chi connectivity index (χ2n) is 4.90. The van der Waals surface area contributed by atoms with Crippen LogP contribution in [0.5, 0.6) is 0 Å². The topological polar surface area (TPSA) is 50.2 Å². The van der Waals surface area contributed by atoms with E-state index in [2.05, 4.69) is 24.3 Å². The van der Waals surface area contributed by atoms with E-state index >= 15 is 0 Å². The zero-order chi connectivity index (χ0) is 13.1. The lowest BCUT2D eigenvalue weighted by Crippen LogP contribution is -2.46. The molecule has 0 atom stereocenters. The Bertz CT molecular complexity index is 432. The van der Waals surface area contributed by atoms with Crippen LogP contribution in [0.15, 0.2) is 0 Å². The third kappa shape index (κ3) is 2.72. The van der Waals surface area contributed by atoms with Gasteiger partial charge in [-0.1, -0.05) is 0 Å². The molecule has 18 heavy (non-hydrogen) atoms. The number of nitrogens with one attached hydrogen (secondary N) is 1. The van der Waals surface area contributed by atoms with E-state index < -0.39 is 0 Å². The molecule has 0 aliphatic carbocycles. The number of rotatable bonds is 3. The number of nitrogens with zero attached hydrogens (tertiary/aromatic N) is 3. The predicted molar refractivity (Wildman–Crippen MR) is 70.5 cm³/mol. The molecule has 1 N–H and O–H groups in total. The van der Waals surface area contributed by atoms with Crippen LogP contribution in [0.3, 0.4) is 0 Å². The van der Waals surface area contributed by atoms with Gasteiger partial charge in [-0.05, 0) is 26.3 Å². The first kappa shape index (κ1) is 13.1. The van der Waals surface area contributed by atoms with Gasteiger partial charge in [0.1, 0.15) is 0 Å². The molecule has 1 aromatic heterocycles.